The predicted octanol–water partition coefficient (Wildman–Crippen LogP) is 3.09. The number of nitrogens with one attached hydrogen (secondary N) is 1. The molecule has 0 aromatic carbocycles. The molecule has 4 nitrogen and oxygen atoms in total. The number of aryl methyl sites for hydroxylation is 2. The maximum Gasteiger partial charge on any atom is 0.0739 e. The molecule has 5 heteroatoms. The van der Waals surface area contributed by atoms with Gasteiger partial charge >= 0.3 is 0 Å². The van der Waals surface area contributed by atoms with Crippen LogP contribution in [0.3, 0.4) is 0 Å². The monoisotopic (exact) mass is 356 g/mol. The van der Waals surface area contributed by atoms with Crippen LogP contribution in [0.2, 0.25) is 0 Å². The lowest BCUT2D eigenvalue weighted by Gasteiger charge is -2.49. The van der Waals surface area contributed by atoms with Crippen LogP contribution in [-0.4, -0.2) is 39.4 Å². The van der Waals surface area contributed by atoms with E-state index in [0.717, 1.165) is 29.8 Å². The van der Waals surface area contributed by atoms with Crippen LogP contribution in [0, 0.1) is 12.3 Å². The molecule has 0 bridgehead atoms. The van der Waals surface area contributed by atoms with Gasteiger partial charge in [-0.3, -0.25) is 9.58 Å². The van der Waals surface area contributed by atoms with E-state index in [4.69, 9.17) is 0 Å². The van der Waals surface area contributed by atoms with Crippen molar-refractivity contribution in [2.24, 2.45) is 12.5 Å². The first-order chi connectivity index (χ1) is 9.52. The molecule has 0 aliphatic carbocycles. The van der Waals surface area contributed by atoms with Gasteiger partial charge in [-0.05, 0) is 42.1 Å². The Morgan fingerprint density at radius 1 is 1.38 bits per heavy atom. The van der Waals surface area contributed by atoms with Crippen molar-refractivity contribution in [2.45, 2.75) is 59.7 Å². The molecule has 2 heterocycles. The van der Waals surface area contributed by atoms with Crippen LogP contribution < -0.4 is 5.32 Å². The van der Waals surface area contributed by atoms with Gasteiger partial charge < -0.3 is 5.32 Å². The van der Waals surface area contributed by atoms with E-state index in [0.29, 0.717) is 6.04 Å². The van der Waals surface area contributed by atoms with Gasteiger partial charge in [-0.2, -0.15) is 5.10 Å². The average molecular weight is 357 g/mol. The molecular weight excluding hydrogens is 328 g/mol. The van der Waals surface area contributed by atoms with Crippen LogP contribution in [0.25, 0.3) is 0 Å². The summed E-state index contributed by atoms with van der Waals surface area (Å²) in [7, 11) is 2.03. The van der Waals surface area contributed by atoms with Gasteiger partial charge in [0.15, 0.2) is 0 Å². The molecular formula is C16H29BrN4. The van der Waals surface area contributed by atoms with E-state index < -0.39 is 0 Å². The molecule has 1 aliphatic heterocycles. The maximum atomic E-state index is 4.52. The summed E-state index contributed by atoms with van der Waals surface area (Å²) in [5, 5.41) is 8.24. The third kappa shape index (κ3) is 3.51. The summed E-state index contributed by atoms with van der Waals surface area (Å²) < 4.78 is 3.15. The number of rotatable bonds is 2. The molecule has 1 aromatic rings. The van der Waals surface area contributed by atoms with Crippen molar-refractivity contribution in [2.75, 3.05) is 13.1 Å². The van der Waals surface area contributed by atoms with E-state index in [1.807, 2.05) is 11.7 Å². The summed E-state index contributed by atoms with van der Waals surface area (Å²) in [5.41, 5.74) is 2.75. The Bertz CT molecular complexity index is 513. The normalized spacial score (nSPS) is 23.5. The van der Waals surface area contributed by atoms with Gasteiger partial charge in [0.1, 0.15) is 0 Å². The molecule has 21 heavy (non-hydrogen) atoms. The fraction of sp³-hybridized carbons (Fsp3) is 0.812. The molecule has 120 valence electrons. The SMILES string of the molecule is Cc1nn(C)c(CN2CC(C(C)(C)C)NCC2(C)C)c1Br. The molecule has 1 aliphatic rings. The first-order valence-electron chi connectivity index (χ1n) is 7.69. The van der Waals surface area contributed by atoms with Gasteiger partial charge in [0.2, 0.25) is 0 Å². The standard InChI is InChI=1S/C16H29BrN4/c1-11-14(17)12(20(7)19-11)8-21-9-13(15(2,3)4)18-10-16(21,5)6/h13,18H,8-10H2,1-7H3. The number of piperazine rings is 1. The van der Waals surface area contributed by atoms with E-state index in [2.05, 4.69) is 72.8 Å². The Morgan fingerprint density at radius 3 is 2.48 bits per heavy atom. The predicted molar refractivity (Wildman–Crippen MR) is 91.4 cm³/mol. The summed E-state index contributed by atoms with van der Waals surface area (Å²) in [4.78, 5) is 2.58. The zero-order valence-electron chi connectivity index (χ0n) is 14.4. The summed E-state index contributed by atoms with van der Waals surface area (Å²) >= 11 is 3.69. The molecule has 1 atom stereocenters. The minimum absolute atomic E-state index is 0.152. The molecule has 0 saturated carbocycles. The van der Waals surface area contributed by atoms with Crippen LogP contribution in [0.5, 0.6) is 0 Å². The molecule has 1 N–H and O–H groups in total. The average Bonchev–Trinajstić information content (AvgIpc) is 2.56. The minimum atomic E-state index is 0.152. The third-order valence-corrected chi connectivity index (χ3v) is 5.72. The Hall–Kier alpha value is -0.390. The summed E-state index contributed by atoms with van der Waals surface area (Å²) in [6.07, 6.45) is 0. The Kier molecular flexibility index (Phi) is 4.58. The summed E-state index contributed by atoms with van der Waals surface area (Å²) in [6, 6.07) is 0.513. The van der Waals surface area contributed by atoms with E-state index >= 15 is 0 Å². The molecule has 0 amide bonds. The van der Waals surface area contributed by atoms with Crippen molar-refractivity contribution in [1.29, 1.82) is 0 Å². The first-order valence-corrected chi connectivity index (χ1v) is 8.48. The van der Waals surface area contributed by atoms with Crippen LogP contribution in [-0.2, 0) is 13.6 Å². The number of halogens is 1. The fourth-order valence-corrected chi connectivity index (χ4v) is 3.37. The van der Waals surface area contributed by atoms with Gasteiger partial charge in [0.05, 0.1) is 15.9 Å². The summed E-state index contributed by atoms with van der Waals surface area (Å²) in [5.74, 6) is 0. The van der Waals surface area contributed by atoms with Crippen molar-refractivity contribution >= 4 is 15.9 Å². The van der Waals surface area contributed by atoms with Gasteiger partial charge in [0, 0.05) is 38.3 Å². The third-order valence-electron chi connectivity index (χ3n) is 4.69. The van der Waals surface area contributed by atoms with E-state index in [1.165, 1.54) is 5.69 Å². The molecule has 0 spiro atoms. The highest BCUT2D eigenvalue weighted by atomic mass is 79.9. The van der Waals surface area contributed by atoms with Crippen LogP contribution in [0.1, 0.15) is 46.0 Å². The highest BCUT2D eigenvalue weighted by Crippen LogP contribution is 2.30. The van der Waals surface area contributed by atoms with Gasteiger partial charge in [0.25, 0.3) is 0 Å². The zero-order valence-corrected chi connectivity index (χ0v) is 16.0. The van der Waals surface area contributed by atoms with Crippen LogP contribution >= 0.6 is 15.9 Å². The Balaban J connectivity index is 2.23. The largest absolute Gasteiger partial charge is 0.310 e. The quantitative estimate of drug-likeness (QED) is 0.883. The molecule has 1 aromatic heterocycles. The van der Waals surface area contributed by atoms with Crippen molar-refractivity contribution in [3.05, 3.63) is 15.9 Å². The minimum Gasteiger partial charge on any atom is -0.310 e. The fourth-order valence-electron chi connectivity index (χ4n) is 2.91. The lowest BCUT2D eigenvalue weighted by molar-refractivity contribution is 0.0277. The first kappa shape index (κ1) is 17.0. The second-order valence-electron chi connectivity index (χ2n) is 7.96. The van der Waals surface area contributed by atoms with Crippen LogP contribution in [0.4, 0.5) is 0 Å². The van der Waals surface area contributed by atoms with Crippen molar-refractivity contribution in [1.82, 2.24) is 20.0 Å². The van der Waals surface area contributed by atoms with Crippen molar-refractivity contribution in [3.63, 3.8) is 0 Å². The van der Waals surface area contributed by atoms with Crippen molar-refractivity contribution in [3.8, 4) is 0 Å². The molecule has 2 rings (SSSR count). The van der Waals surface area contributed by atoms with Gasteiger partial charge in [-0.25, -0.2) is 0 Å². The highest BCUT2D eigenvalue weighted by Gasteiger charge is 2.38. The summed E-state index contributed by atoms with van der Waals surface area (Å²) in [6.45, 7) is 16.6. The second kappa shape index (κ2) is 5.67. The van der Waals surface area contributed by atoms with Crippen molar-refractivity contribution < 1.29 is 0 Å². The highest BCUT2D eigenvalue weighted by molar-refractivity contribution is 9.10. The molecule has 1 unspecified atom stereocenters. The number of hydrogen-bond donors (Lipinski definition) is 1. The molecule has 1 saturated heterocycles. The lowest BCUT2D eigenvalue weighted by Crippen LogP contribution is -2.64. The molecule has 0 radical (unpaired) electrons. The van der Waals surface area contributed by atoms with Crippen LogP contribution in [0.15, 0.2) is 4.47 Å². The van der Waals surface area contributed by atoms with E-state index in [9.17, 15) is 0 Å². The smallest absolute Gasteiger partial charge is 0.0739 e. The lowest BCUT2D eigenvalue weighted by atomic mass is 9.83. The number of nitrogens with zero attached hydrogens (tertiary/aromatic N) is 3. The Labute approximate surface area is 137 Å². The van der Waals surface area contributed by atoms with E-state index in [-0.39, 0.29) is 11.0 Å². The maximum absolute atomic E-state index is 4.52. The number of hydrogen-bond acceptors (Lipinski definition) is 3. The topological polar surface area (TPSA) is 33.1 Å². The van der Waals surface area contributed by atoms with Gasteiger partial charge in [-0.1, -0.05) is 20.8 Å². The zero-order chi connectivity index (χ0) is 16.0. The van der Waals surface area contributed by atoms with E-state index in [1.54, 1.807) is 0 Å². The number of aromatic nitrogens is 2. The second-order valence-corrected chi connectivity index (χ2v) is 8.76. The van der Waals surface area contributed by atoms with Gasteiger partial charge in [-0.15, -0.1) is 0 Å². The molecule has 1 fully saturated rings. The Morgan fingerprint density at radius 2 is 2.00 bits per heavy atom.